The summed E-state index contributed by atoms with van der Waals surface area (Å²) in [5, 5.41) is 4.11. The molecule has 0 amide bonds. The molecule has 1 unspecified atom stereocenters. The van der Waals surface area contributed by atoms with E-state index in [1.54, 1.807) is 7.11 Å². The molecule has 0 aromatic heterocycles. The summed E-state index contributed by atoms with van der Waals surface area (Å²) in [6, 6.07) is 15.8. The van der Waals surface area contributed by atoms with E-state index in [0.717, 1.165) is 22.0 Å². The number of ether oxygens (including phenoxy) is 1. The second-order valence-electron chi connectivity index (χ2n) is 4.09. The van der Waals surface area contributed by atoms with Crippen LogP contribution < -0.4 is 10.1 Å². The lowest BCUT2D eigenvalue weighted by Gasteiger charge is -2.19. The van der Waals surface area contributed by atoms with Gasteiger partial charge in [0.05, 0.1) is 23.9 Å². The number of rotatable bonds is 4. The first-order chi connectivity index (χ1) is 8.72. The van der Waals surface area contributed by atoms with Crippen molar-refractivity contribution < 1.29 is 4.74 Å². The van der Waals surface area contributed by atoms with Crippen LogP contribution in [0.3, 0.4) is 0 Å². The van der Waals surface area contributed by atoms with Crippen molar-refractivity contribution in [2.45, 2.75) is 13.0 Å². The Morgan fingerprint density at radius 3 is 2.44 bits per heavy atom. The maximum atomic E-state index is 6.14. The fourth-order valence-electron chi connectivity index (χ4n) is 1.91. The van der Waals surface area contributed by atoms with Crippen molar-refractivity contribution >= 4 is 17.3 Å². The molecule has 1 N–H and O–H groups in total. The molecule has 2 nitrogen and oxygen atoms in total. The van der Waals surface area contributed by atoms with Crippen LogP contribution in [0, 0.1) is 0 Å². The molecule has 2 rings (SSSR count). The fourth-order valence-corrected chi connectivity index (χ4v) is 2.10. The quantitative estimate of drug-likeness (QED) is 0.874. The molecule has 0 aliphatic heterocycles. The molecule has 0 saturated heterocycles. The average Bonchev–Trinajstić information content (AvgIpc) is 2.41. The van der Waals surface area contributed by atoms with Gasteiger partial charge in [-0.3, -0.25) is 0 Å². The van der Waals surface area contributed by atoms with E-state index in [2.05, 4.69) is 12.2 Å². The topological polar surface area (TPSA) is 21.3 Å². The Morgan fingerprint density at radius 1 is 1.06 bits per heavy atom. The van der Waals surface area contributed by atoms with Crippen molar-refractivity contribution in [1.82, 2.24) is 0 Å². The van der Waals surface area contributed by atoms with Gasteiger partial charge in [0.25, 0.3) is 0 Å². The minimum atomic E-state index is 0.126. The van der Waals surface area contributed by atoms with Crippen LogP contribution in [0.25, 0.3) is 0 Å². The summed E-state index contributed by atoms with van der Waals surface area (Å²) in [7, 11) is 1.68. The van der Waals surface area contributed by atoms with Crippen molar-refractivity contribution in [3.63, 3.8) is 0 Å². The molecule has 0 heterocycles. The van der Waals surface area contributed by atoms with Crippen molar-refractivity contribution in [2.75, 3.05) is 12.4 Å². The van der Waals surface area contributed by atoms with Gasteiger partial charge in [-0.15, -0.1) is 0 Å². The Labute approximate surface area is 113 Å². The molecule has 94 valence electrons. The molecule has 3 heteroatoms. The van der Waals surface area contributed by atoms with Crippen LogP contribution in [-0.2, 0) is 0 Å². The Bertz CT molecular complexity index is 527. The maximum absolute atomic E-state index is 6.14. The Morgan fingerprint density at radius 2 is 1.72 bits per heavy atom. The molecule has 0 aliphatic carbocycles. The van der Waals surface area contributed by atoms with Crippen LogP contribution in [0.15, 0.2) is 48.5 Å². The predicted octanol–water partition coefficient (Wildman–Crippen LogP) is 4.52. The van der Waals surface area contributed by atoms with Crippen LogP contribution in [0.2, 0.25) is 5.02 Å². The zero-order valence-electron chi connectivity index (χ0n) is 10.5. The fraction of sp³-hybridized carbons (Fsp3) is 0.200. The van der Waals surface area contributed by atoms with Crippen LogP contribution in [0.4, 0.5) is 5.69 Å². The van der Waals surface area contributed by atoms with Gasteiger partial charge in [0.1, 0.15) is 5.75 Å². The summed E-state index contributed by atoms with van der Waals surface area (Å²) in [6.45, 7) is 2.08. The van der Waals surface area contributed by atoms with Gasteiger partial charge in [-0.25, -0.2) is 0 Å². The van der Waals surface area contributed by atoms with Gasteiger partial charge < -0.3 is 10.1 Å². The van der Waals surface area contributed by atoms with E-state index in [1.165, 1.54) is 0 Å². The largest absolute Gasteiger partial charge is 0.496 e. The number of anilines is 1. The molecule has 0 fully saturated rings. The third kappa shape index (κ3) is 2.77. The lowest BCUT2D eigenvalue weighted by atomic mass is 10.1. The van der Waals surface area contributed by atoms with Crippen molar-refractivity contribution in [2.24, 2.45) is 0 Å². The Hall–Kier alpha value is -1.67. The highest BCUT2D eigenvalue weighted by Gasteiger charge is 2.11. The van der Waals surface area contributed by atoms with Gasteiger partial charge in [-0.05, 0) is 25.1 Å². The molecule has 0 radical (unpaired) electrons. The smallest absolute Gasteiger partial charge is 0.124 e. The molecule has 0 aliphatic rings. The normalized spacial score (nSPS) is 11.9. The van der Waals surface area contributed by atoms with Gasteiger partial charge in [0.15, 0.2) is 0 Å². The summed E-state index contributed by atoms with van der Waals surface area (Å²) in [5.74, 6) is 0.879. The number of benzene rings is 2. The molecule has 0 saturated carbocycles. The van der Waals surface area contributed by atoms with E-state index in [4.69, 9.17) is 16.3 Å². The number of para-hydroxylation sites is 2. The zero-order chi connectivity index (χ0) is 13.0. The lowest BCUT2D eigenvalue weighted by Crippen LogP contribution is -2.08. The highest BCUT2D eigenvalue weighted by molar-refractivity contribution is 6.33. The number of hydrogen-bond donors (Lipinski definition) is 1. The van der Waals surface area contributed by atoms with E-state index in [1.807, 2.05) is 48.5 Å². The SMILES string of the molecule is COc1ccccc1C(C)Nc1ccccc1Cl. The van der Waals surface area contributed by atoms with Crippen molar-refractivity contribution in [1.29, 1.82) is 0 Å². The molecule has 2 aromatic rings. The van der Waals surface area contributed by atoms with Crippen LogP contribution in [0.5, 0.6) is 5.75 Å². The number of methoxy groups -OCH3 is 1. The molecular formula is C15H16ClNO. The Balaban J connectivity index is 2.22. The van der Waals surface area contributed by atoms with E-state index >= 15 is 0 Å². The van der Waals surface area contributed by atoms with Crippen molar-refractivity contribution in [3.8, 4) is 5.75 Å². The molecular weight excluding hydrogens is 246 g/mol. The lowest BCUT2D eigenvalue weighted by molar-refractivity contribution is 0.408. The third-order valence-electron chi connectivity index (χ3n) is 2.85. The molecule has 2 aromatic carbocycles. The first-order valence-corrected chi connectivity index (χ1v) is 6.24. The van der Waals surface area contributed by atoms with Crippen LogP contribution in [-0.4, -0.2) is 7.11 Å². The van der Waals surface area contributed by atoms with Gasteiger partial charge in [0.2, 0.25) is 0 Å². The molecule has 18 heavy (non-hydrogen) atoms. The maximum Gasteiger partial charge on any atom is 0.124 e. The van der Waals surface area contributed by atoms with E-state index in [0.29, 0.717) is 0 Å². The third-order valence-corrected chi connectivity index (χ3v) is 3.18. The predicted molar refractivity (Wildman–Crippen MR) is 76.5 cm³/mol. The number of nitrogens with one attached hydrogen (secondary N) is 1. The summed E-state index contributed by atoms with van der Waals surface area (Å²) >= 11 is 6.14. The van der Waals surface area contributed by atoms with Crippen molar-refractivity contribution in [3.05, 3.63) is 59.1 Å². The molecule has 0 bridgehead atoms. The molecule has 0 spiro atoms. The summed E-state index contributed by atoms with van der Waals surface area (Å²) < 4.78 is 5.36. The number of hydrogen-bond acceptors (Lipinski definition) is 2. The van der Waals surface area contributed by atoms with E-state index < -0.39 is 0 Å². The van der Waals surface area contributed by atoms with Gasteiger partial charge in [-0.1, -0.05) is 41.9 Å². The zero-order valence-corrected chi connectivity index (χ0v) is 11.2. The number of halogens is 1. The summed E-state index contributed by atoms with van der Waals surface area (Å²) in [6.07, 6.45) is 0. The second-order valence-corrected chi connectivity index (χ2v) is 4.50. The van der Waals surface area contributed by atoms with E-state index in [-0.39, 0.29) is 6.04 Å². The second kappa shape index (κ2) is 5.78. The van der Waals surface area contributed by atoms with Crippen LogP contribution >= 0.6 is 11.6 Å². The molecule has 1 atom stereocenters. The average molecular weight is 262 g/mol. The van der Waals surface area contributed by atoms with Crippen LogP contribution in [0.1, 0.15) is 18.5 Å². The van der Waals surface area contributed by atoms with E-state index in [9.17, 15) is 0 Å². The first-order valence-electron chi connectivity index (χ1n) is 5.86. The Kier molecular flexibility index (Phi) is 4.11. The summed E-state index contributed by atoms with van der Waals surface area (Å²) in [5.41, 5.74) is 2.04. The van der Waals surface area contributed by atoms with Gasteiger partial charge in [0, 0.05) is 5.56 Å². The highest BCUT2D eigenvalue weighted by Crippen LogP contribution is 2.30. The monoisotopic (exact) mass is 261 g/mol. The summed E-state index contributed by atoms with van der Waals surface area (Å²) in [4.78, 5) is 0. The minimum Gasteiger partial charge on any atom is -0.496 e. The standard InChI is InChI=1S/C15H16ClNO/c1-11(12-7-3-6-10-15(12)18-2)17-14-9-5-4-8-13(14)16/h3-11,17H,1-2H3. The first kappa shape index (κ1) is 12.8. The van der Waals surface area contributed by atoms with Gasteiger partial charge in [-0.2, -0.15) is 0 Å². The van der Waals surface area contributed by atoms with Gasteiger partial charge >= 0.3 is 0 Å². The minimum absolute atomic E-state index is 0.126. The highest BCUT2D eigenvalue weighted by atomic mass is 35.5.